The van der Waals surface area contributed by atoms with Crippen LogP contribution in [0.4, 0.5) is 8.78 Å². The van der Waals surface area contributed by atoms with Crippen molar-refractivity contribution >= 4 is 44.3 Å². The van der Waals surface area contributed by atoms with Crippen LogP contribution in [0.3, 0.4) is 0 Å². The number of ketones is 1. The number of rotatable bonds is 4. The smallest absolute Gasteiger partial charge is 0.264 e. The summed E-state index contributed by atoms with van der Waals surface area (Å²) in [7, 11) is 0. The van der Waals surface area contributed by atoms with Crippen molar-refractivity contribution in [2.24, 2.45) is 0 Å². The number of benzene rings is 1. The molecule has 0 unspecified atom stereocenters. The van der Waals surface area contributed by atoms with Gasteiger partial charge >= 0.3 is 0 Å². The molecular formula is C10H8BrF2IO. The second-order valence-electron chi connectivity index (χ2n) is 2.99. The molecule has 0 saturated carbocycles. The van der Waals surface area contributed by atoms with Gasteiger partial charge in [-0.3, -0.25) is 4.79 Å². The number of Topliss-reactive ketones (excluding diaryl/α,β-unsaturated/α-hetero) is 1. The van der Waals surface area contributed by atoms with Gasteiger partial charge in [0.15, 0.2) is 0 Å². The van der Waals surface area contributed by atoms with E-state index in [2.05, 4.69) is 15.9 Å². The van der Waals surface area contributed by atoms with E-state index in [0.29, 0.717) is 5.56 Å². The third kappa shape index (κ3) is 3.79. The minimum absolute atomic E-state index is 0.0512. The molecular weight excluding hydrogens is 381 g/mol. The normalized spacial score (nSPS) is 10.7. The Morgan fingerprint density at radius 1 is 1.47 bits per heavy atom. The van der Waals surface area contributed by atoms with Crippen molar-refractivity contribution in [3.05, 3.63) is 32.9 Å². The number of hydrogen-bond donors (Lipinski definition) is 0. The van der Waals surface area contributed by atoms with Gasteiger partial charge in [0.05, 0.1) is 5.33 Å². The van der Waals surface area contributed by atoms with Crippen LogP contribution in [-0.4, -0.2) is 11.1 Å². The van der Waals surface area contributed by atoms with E-state index >= 15 is 0 Å². The second-order valence-corrected chi connectivity index (χ2v) is 4.80. The number of carbonyl (C=O) groups is 1. The average molecular weight is 389 g/mol. The van der Waals surface area contributed by atoms with Crippen LogP contribution in [0.1, 0.15) is 17.6 Å². The fraction of sp³-hybridized carbons (Fsp3) is 0.300. The maximum absolute atomic E-state index is 12.6. The van der Waals surface area contributed by atoms with E-state index in [1.807, 2.05) is 22.6 Å². The zero-order valence-electron chi connectivity index (χ0n) is 7.64. The summed E-state index contributed by atoms with van der Waals surface area (Å²) in [5.41, 5.74) is 0.367. The summed E-state index contributed by atoms with van der Waals surface area (Å²) in [6, 6.07) is 4.62. The van der Waals surface area contributed by atoms with Crippen LogP contribution >= 0.6 is 38.5 Å². The molecule has 5 heteroatoms. The SMILES string of the molecule is O=C(CBr)Cc1cc(I)ccc1C(F)F. The van der Waals surface area contributed by atoms with Gasteiger partial charge in [-0.05, 0) is 40.3 Å². The monoisotopic (exact) mass is 388 g/mol. The fourth-order valence-corrected chi connectivity index (χ4v) is 1.95. The van der Waals surface area contributed by atoms with Gasteiger partial charge in [0.2, 0.25) is 0 Å². The van der Waals surface area contributed by atoms with Gasteiger partial charge in [-0.15, -0.1) is 0 Å². The summed E-state index contributed by atoms with van der Waals surface area (Å²) >= 11 is 5.05. The van der Waals surface area contributed by atoms with E-state index < -0.39 is 6.43 Å². The summed E-state index contributed by atoms with van der Waals surface area (Å²) in [6.07, 6.45) is -2.47. The molecule has 1 rings (SSSR count). The maximum atomic E-state index is 12.6. The van der Waals surface area contributed by atoms with Crippen molar-refractivity contribution in [2.45, 2.75) is 12.8 Å². The van der Waals surface area contributed by atoms with Crippen LogP contribution in [0.2, 0.25) is 0 Å². The lowest BCUT2D eigenvalue weighted by Crippen LogP contribution is -2.06. The predicted molar refractivity (Wildman–Crippen MR) is 66.6 cm³/mol. The standard InChI is InChI=1S/C10H8BrF2IO/c11-5-8(15)4-6-3-7(14)1-2-9(6)10(12)13/h1-3,10H,4-5H2. The Kier molecular flexibility index (Phi) is 5.11. The van der Waals surface area contributed by atoms with Crippen LogP contribution in [-0.2, 0) is 11.2 Å². The molecule has 0 aliphatic heterocycles. The lowest BCUT2D eigenvalue weighted by molar-refractivity contribution is -0.115. The van der Waals surface area contributed by atoms with Crippen LogP contribution in [0.25, 0.3) is 0 Å². The fourth-order valence-electron chi connectivity index (χ4n) is 1.20. The summed E-state index contributed by atoms with van der Waals surface area (Å²) < 4.78 is 26.0. The third-order valence-electron chi connectivity index (χ3n) is 1.88. The summed E-state index contributed by atoms with van der Waals surface area (Å²) in [4.78, 5) is 11.2. The first-order valence-corrected chi connectivity index (χ1v) is 6.38. The third-order valence-corrected chi connectivity index (χ3v) is 3.17. The Hall–Kier alpha value is -0.0400. The molecule has 0 spiro atoms. The number of halogens is 4. The molecule has 0 fully saturated rings. The number of hydrogen-bond acceptors (Lipinski definition) is 1. The molecule has 0 atom stereocenters. The van der Waals surface area contributed by atoms with E-state index in [-0.39, 0.29) is 23.1 Å². The van der Waals surface area contributed by atoms with Crippen molar-refractivity contribution < 1.29 is 13.6 Å². The van der Waals surface area contributed by atoms with Crippen LogP contribution in [0.5, 0.6) is 0 Å². The number of alkyl halides is 3. The molecule has 0 amide bonds. The maximum Gasteiger partial charge on any atom is 0.264 e. The minimum atomic E-state index is -2.53. The molecule has 1 aromatic rings. The van der Waals surface area contributed by atoms with Crippen molar-refractivity contribution in [1.29, 1.82) is 0 Å². The molecule has 0 aliphatic rings. The van der Waals surface area contributed by atoms with Gasteiger partial charge in [0.1, 0.15) is 5.78 Å². The van der Waals surface area contributed by atoms with Crippen LogP contribution < -0.4 is 0 Å². The molecule has 0 bridgehead atoms. The van der Waals surface area contributed by atoms with Gasteiger partial charge in [0.25, 0.3) is 6.43 Å². The molecule has 0 N–H and O–H groups in total. The first kappa shape index (κ1) is 13.0. The molecule has 0 aromatic heterocycles. The quantitative estimate of drug-likeness (QED) is 0.567. The van der Waals surface area contributed by atoms with Crippen LogP contribution in [0.15, 0.2) is 18.2 Å². The highest BCUT2D eigenvalue weighted by molar-refractivity contribution is 14.1. The van der Waals surface area contributed by atoms with E-state index in [1.165, 1.54) is 6.07 Å². The molecule has 0 aliphatic carbocycles. The topological polar surface area (TPSA) is 17.1 Å². The van der Waals surface area contributed by atoms with Crippen molar-refractivity contribution in [1.82, 2.24) is 0 Å². The van der Waals surface area contributed by atoms with Crippen molar-refractivity contribution in [3.63, 3.8) is 0 Å². The van der Waals surface area contributed by atoms with Crippen LogP contribution in [0, 0.1) is 3.57 Å². The number of carbonyl (C=O) groups excluding carboxylic acids is 1. The highest BCUT2D eigenvalue weighted by atomic mass is 127. The lowest BCUT2D eigenvalue weighted by atomic mass is 10.0. The summed E-state index contributed by atoms with van der Waals surface area (Å²) in [5, 5.41) is 0.196. The van der Waals surface area contributed by atoms with Gasteiger partial charge in [-0.25, -0.2) is 8.78 Å². The summed E-state index contributed by atoms with van der Waals surface area (Å²) in [6.45, 7) is 0. The Bertz CT molecular complexity index is 368. The van der Waals surface area contributed by atoms with E-state index in [0.717, 1.165) is 3.57 Å². The highest BCUT2D eigenvalue weighted by Crippen LogP contribution is 2.25. The Balaban J connectivity index is 3.02. The van der Waals surface area contributed by atoms with Crippen molar-refractivity contribution in [3.8, 4) is 0 Å². The molecule has 0 radical (unpaired) electrons. The zero-order valence-corrected chi connectivity index (χ0v) is 11.4. The Morgan fingerprint density at radius 2 is 2.13 bits per heavy atom. The predicted octanol–water partition coefficient (Wildman–Crippen LogP) is 3.74. The van der Waals surface area contributed by atoms with E-state index in [4.69, 9.17) is 0 Å². The minimum Gasteiger partial charge on any atom is -0.298 e. The average Bonchev–Trinajstić information content (AvgIpc) is 2.17. The molecule has 82 valence electrons. The summed E-state index contributed by atoms with van der Waals surface area (Å²) in [5.74, 6) is -0.0982. The zero-order chi connectivity index (χ0) is 11.4. The van der Waals surface area contributed by atoms with E-state index in [1.54, 1.807) is 12.1 Å². The van der Waals surface area contributed by atoms with Gasteiger partial charge < -0.3 is 0 Å². The molecule has 15 heavy (non-hydrogen) atoms. The largest absolute Gasteiger partial charge is 0.298 e. The van der Waals surface area contributed by atoms with E-state index in [9.17, 15) is 13.6 Å². The van der Waals surface area contributed by atoms with Gasteiger partial charge in [0, 0.05) is 15.6 Å². The molecule has 0 saturated heterocycles. The molecule has 0 heterocycles. The second kappa shape index (κ2) is 5.89. The Labute approximate surface area is 109 Å². The van der Waals surface area contributed by atoms with Gasteiger partial charge in [-0.2, -0.15) is 0 Å². The van der Waals surface area contributed by atoms with Crippen molar-refractivity contribution in [2.75, 3.05) is 5.33 Å². The lowest BCUT2D eigenvalue weighted by Gasteiger charge is -2.08. The Morgan fingerprint density at radius 3 is 2.67 bits per heavy atom. The first-order chi connectivity index (χ1) is 7.04. The first-order valence-electron chi connectivity index (χ1n) is 4.18. The van der Waals surface area contributed by atoms with Gasteiger partial charge in [-0.1, -0.05) is 22.0 Å². The molecule has 1 nitrogen and oxygen atoms in total. The highest BCUT2D eigenvalue weighted by Gasteiger charge is 2.14. The molecule has 1 aromatic carbocycles.